The van der Waals surface area contributed by atoms with Crippen LogP contribution in [0.3, 0.4) is 0 Å². The Morgan fingerprint density at radius 1 is 1.00 bits per heavy atom. The summed E-state index contributed by atoms with van der Waals surface area (Å²) >= 11 is 0. The summed E-state index contributed by atoms with van der Waals surface area (Å²) in [5.74, 6) is 0.720. The van der Waals surface area contributed by atoms with Crippen LogP contribution in [0.4, 0.5) is 0 Å². The van der Waals surface area contributed by atoms with Gasteiger partial charge in [0.15, 0.2) is 6.61 Å². The first-order valence-corrected chi connectivity index (χ1v) is 10.4. The van der Waals surface area contributed by atoms with Gasteiger partial charge in [-0.25, -0.2) is 0 Å². The molecule has 0 radical (unpaired) electrons. The van der Waals surface area contributed by atoms with Crippen molar-refractivity contribution in [2.24, 2.45) is 5.92 Å². The lowest BCUT2D eigenvalue weighted by Crippen LogP contribution is -2.52. The molecule has 2 rings (SSSR count). The van der Waals surface area contributed by atoms with Gasteiger partial charge in [-0.15, -0.1) is 0 Å². The van der Waals surface area contributed by atoms with Crippen LogP contribution in [0.2, 0.25) is 0 Å². The molecule has 2 atom stereocenters. The molecule has 2 amide bonds. The van der Waals surface area contributed by atoms with Crippen LogP contribution in [-0.2, 0) is 9.59 Å². The van der Waals surface area contributed by atoms with Crippen molar-refractivity contribution in [3.63, 3.8) is 0 Å². The predicted molar refractivity (Wildman–Crippen MR) is 121 cm³/mol. The summed E-state index contributed by atoms with van der Waals surface area (Å²) in [6.45, 7) is 4.02. The van der Waals surface area contributed by atoms with Gasteiger partial charge in [-0.05, 0) is 38.2 Å². The van der Waals surface area contributed by atoms with Gasteiger partial charge in [0.25, 0.3) is 5.91 Å². The molecule has 0 saturated heterocycles. The van der Waals surface area contributed by atoms with Crippen molar-refractivity contribution >= 4 is 11.8 Å². The zero-order valence-corrected chi connectivity index (χ0v) is 18.9. The lowest BCUT2D eigenvalue weighted by Gasteiger charge is -2.28. The molecule has 0 saturated carbocycles. The van der Waals surface area contributed by atoms with Crippen LogP contribution in [0, 0.1) is 5.92 Å². The molecule has 0 spiro atoms. The minimum atomic E-state index is -0.660. The Morgan fingerprint density at radius 3 is 2.26 bits per heavy atom. The molecule has 7 nitrogen and oxygen atoms in total. The zero-order valence-electron chi connectivity index (χ0n) is 18.9. The number of amides is 2. The molecule has 0 bridgehead atoms. The molecular weight excluding hydrogens is 394 g/mol. The van der Waals surface area contributed by atoms with Crippen LogP contribution in [0.25, 0.3) is 0 Å². The number of hydrogen-bond acceptors (Lipinski definition) is 5. The van der Waals surface area contributed by atoms with Crippen molar-refractivity contribution in [1.82, 2.24) is 15.5 Å². The second kappa shape index (κ2) is 12.0. The van der Waals surface area contributed by atoms with Crippen LogP contribution >= 0.6 is 0 Å². The third-order valence-electron chi connectivity index (χ3n) is 4.97. The number of methoxy groups -OCH3 is 1. The molecule has 1 unspecified atom stereocenters. The molecule has 2 N–H and O–H groups in total. The molecule has 7 heteroatoms. The van der Waals surface area contributed by atoms with Crippen molar-refractivity contribution in [2.75, 3.05) is 34.4 Å². The van der Waals surface area contributed by atoms with E-state index in [1.165, 1.54) is 0 Å². The number of carbonyl (C=O) groups excluding carboxylic acids is 2. The summed E-state index contributed by atoms with van der Waals surface area (Å²) in [6.07, 6.45) is 0. The number of para-hydroxylation sites is 2. The first-order valence-electron chi connectivity index (χ1n) is 10.4. The van der Waals surface area contributed by atoms with Crippen molar-refractivity contribution in [3.8, 4) is 11.5 Å². The zero-order chi connectivity index (χ0) is 22.8. The Kier molecular flexibility index (Phi) is 9.34. The molecule has 0 heterocycles. The molecule has 2 aromatic carbocycles. The highest BCUT2D eigenvalue weighted by Crippen LogP contribution is 2.27. The lowest BCUT2D eigenvalue weighted by molar-refractivity contribution is -0.131. The standard InChI is InChI=1S/C24H33N3O4/c1-17(2)23(26-22(28)16-31-18-11-7-6-8-12-18)24(29)25-15-20(27(3)4)19-13-9-10-14-21(19)30-5/h6-14,17,20,23H,15-16H2,1-5H3,(H,25,29)(H,26,28)/t20?,23-/m0/s1. The molecule has 0 aromatic heterocycles. The molecule has 0 aliphatic rings. The van der Waals surface area contributed by atoms with Crippen LogP contribution in [-0.4, -0.2) is 57.1 Å². The number of ether oxygens (including phenoxy) is 2. The monoisotopic (exact) mass is 427 g/mol. The second-order valence-electron chi connectivity index (χ2n) is 7.86. The molecule has 0 aliphatic carbocycles. The molecular formula is C24H33N3O4. The third kappa shape index (κ3) is 7.29. The Balaban J connectivity index is 1.98. The van der Waals surface area contributed by atoms with Gasteiger partial charge in [0.2, 0.25) is 5.91 Å². The highest BCUT2D eigenvalue weighted by Gasteiger charge is 2.26. The van der Waals surface area contributed by atoms with E-state index in [1.54, 1.807) is 19.2 Å². The maximum Gasteiger partial charge on any atom is 0.258 e. The van der Waals surface area contributed by atoms with Gasteiger partial charge in [0, 0.05) is 12.1 Å². The van der Waals surface area contributed by atoms with E-state index < -0.39 is 6.04 Å². The highest BCUT2D eigenvalue weighted by atomic mass is 16.5. The van der Waals surface area contributed by atoms with Crippen molar-refractivity contribution in [3.05, 3.63) is 60.2 Å². The second-order valence-corrected chi connectivity index (χ2v) is 7.86. The van der Waals surface area contributed by atoms with Crippen LogP contribution in [0.1, 0.15) is 25.5 Å². The number of benzene rings is 2. The maximum absolute atomic E-state index is 12.9. The molecule has 2 aromatic rings. The van der Waals surface area contributed by atoms with Crippen molar-refractivity contribution < 1.29 is 19.1 Å². The Hall–Kier alpha value is -3.06. The van der Waals surface area contributed by atoms with Crippen LogP contribution < -0.4 is 20.1 Å². The largest absolute Gasteiger partial charge is 0.496 e. The average Bonchev–Trinajstić information content (AvgIpc) is 2.76. The van der Waals surface area contributed by atoms with E-state index in [-0.39, 0.29) is 30.4 Å². The van der Waals surface area contributed by atoms with Gasteiger partial charge in [-0.2, -0.15) is 0 Å². The van der Waals surface area contributed by atoms with E-state index in [0.717, 1.165) is 11.3 Å². The van der Waals surface area contributed by atoms with Crippen LogP contribution in [0.5, 0.6) is 11.5 Å². The number of nitrogens with one attached hydrogen (secondary N) is 2. The SMILES string of the molecule is COc1ccccc1C(CNC(=O)[C@@H](NC(=O)COc1ccccc1)C(C)C)N(C)C. The lowest BCUT2D eigenvalue weighted by atomic mass is 10.0. The topological polar surface area (TPSA) is 79.9 Å². The van der Waals surface area contributed by atoms with Gasteiger partial charge in [-0.1, -0.05) is 50.2 Å². The molecule has 168 valence electrons. The van der Waals surface area contributed by atoms with E-state index in [2.05, 4.69) is 10.6 Å². The fourth-order valence-electron chi connectivity index (χ4n) is 3.24. The van der Waals surface area contributed by atoms with E-state index >= 15 is 0 Å². The van der Waals surface area contributed by atoms with Gasteiger partial charge in [0.05, 0.1) is 13.2 Å². The van der Waals surface area contributed by atoms with Crippen molar-refractivity contribution in [1.29, 1.82) is 0 Å². The first-order chi connectivity index (χ1) is 14.8. The maximum atomic E-state index is 12.9. The third-order valence-corrected chi connectivity index (χ3v) is 4.97. The Morgan fingerprint density at radius 2 is 1.65 bits per heavy atom. The van der Waals surface area contributed by atoms with E-state index in [0.29, 0.717) is 12.3 Å². The number of hydrogen-bond donors (Lipinski definition) is 2. The summed E-state index contributed by atoms with van der Waals surface area (Å²) in [7, 11) is 5.53. The molecule has 0 fully saturated rings. The highest BCUT2D eigenvalue weighted by molar-refractivity contribution is 5.88. The number of likely N-dealkylation sites (N-methyl/N-ethyl adjacent to an activating group) is 1. The minimum absolute atomic E-state index is 0.0787. The van der Waals surface area contributed by atoms with E-state index in [4.69, 9.17) is 9.47 Å². The Labute approximate surface area is 184 Å². The number of rotatable bonds is 11. The average molecular weight is 428 g/mol. The summed E-state index contributed by atoms with van der Waals surface area (Å²) in [6, 6.07) is 16.1. The van der Waals surface area contributed by atoms with Gasteiger partial charge < -0.3 is 25.0 Å². The van der Waals surface area contributed by atoms with Gasteiger partial charge >= 0.3 is 0 Å². The van der Waals surface area contributed by atoms with Gasteiger partial charge in [0.1, 0.15) is 17.5 Å². The minimum Gasteiger partial charge on any atom is -0.496 e. The predicted octanol–water partition coefficient (Wildman–Crippen LogP) is 2.63. The fourth-order valence-corrected chi connectivity index (χ4v) is 3.24. The number of carbonyl (C=O) groups is 2. The Bertz CT molecular complexity index is 840. The summed E-state index contributed by atoms with van der Waals surface area (Å²) in [4.78, 5) is 27.3. The summed E-state index contributed by atoms with van der Waals surface area (Å²) in [5.41, 5.74) is 0.983. The fraction of sp³-hybridized carbons (Fsp3) is 0.417. The van der Waals surface area contributed by atoms with Crippen molar-refractivity contribution in [2.45, 2.75) is 25.9 Å². The summed E-state index contributed by atoms with van der Waals surface area (Å²) < 4.78 is 11.0. The number of nitrogens with zero attached hydrogens (tertiary/aromatic N) is 1. The molecule has 0 aliphatic heterocycles. The van der Waals surface area contributed by atoms with Crippen LogP contribution in [0.15, 0.2) is 54.6 Å². The quantitative estimate of drug-likeness (QED) is 0.576. The smallest absolute Gasteiger partial charge is 0.258 e. The van der Waals surface area contributed by atoms with Gasteiger partial charge in [-0.3, -0.25) is 9.59 Å². The summed E-state index contributed by atoms with van der Waals surface area (Å²) in [5, 5.41) is 5.77. The molecule has 31 heavy (non-hydrogen) atoms. The van der Waals surface area contributed by atoms with E-state index in [1.807, 2.05) is 75.3 Å². The normalized spacial score (nSPS) is 12.9. The van der Waals surface area contributed by atoms with E-state index in [9.17, 15) is 9.59 Å². The first kappa shape index (κ1) is 24.2.